The second-order valence-electron chi connectivity index (χ2n) is 6.49. The molecule has 0 spiro atoms. The fourth-order valence-electron chi connectivity index (χ4n) is 2.48. The Labute approximate surface area is 177 Å². The smallest absolute Gasteiger partial charge is 0.0701 e. The highest BCUT2D eigenvalue weighted by Crippen LogP contribution is 1.92. The molecular weight excluding hydrogens is 380 g/mol. The van der Waals surface area contributed by atoms with Gasteiger partial charge < -0.3 is 33.2 Å². The average molecular weight is 425 g/mol. The third-order valence-electron chi connectivity index (χ3n) is 4.29. The van der Waals surface area contributed by atoms with Crippen LogP contribution < -0.4 is 0 Å². The quantitative estimate of drug-likeness (QED) is 0.202. The van der Waals surface area contributed by atoms with E-state index in [-0.39, 0.29) is 0 Å². The third-order valence-corrected chi connectivity index (χ3v) is 4.29. The molecule has 0 heterocycles. The first-order chi connectivity index (χ1) is 14.3. The van der Waals surface area contributed by atoms with Crippen molar-refractivity contribution in [2.75, 3.05) is 134 Å². The molecule has 0 aliphatic rings. The summed E-state index contributed by atoms with van der Waals surface area (Å²) in [5.74, 6) is 0. The Bertz CT molecular complexity index is 271. The van der Waals surface area contributed by atoms with Crippen LogP contribution >= 0.6 is 0 Å². The van der Waals surface area contributed by atoms with Gasteiger partial charge in [0.25, 0.3) is 0 Å². The van der Waals surface area contributed by atoms with Gasteiger partial charge in [0.15, 0.2) is 0 Å². The molecule has 0 aliphatic carbocycles. The molecule has 0 fully saturated rings. The van der Waals surface area contributed by atoms with E-state index in [9.17, 15) is 0 Å². The van der Waals surface area contributed by atoms with Crippen molar-refractivity contribution in [1.29, 1.82) is 0 Å². The summed E-state index contributed by atoms with van der Waals surface area (Å²) in [5.41, 5.74) is 0. The number of ether oxygens (including phenoxy) is 7. The van der Waals surface area contributed by atoms with E-state index in [1.54, 1.807) is 28.4 Å². The minimum absolute atomic E-state index is 0.577. The summed E-state index contributed by atoms with van der Waals surface area (Å²) in [6, 6.07) is 0. The van der Waals surface area contributed by atoms with Gasteiger partial charge in [0.2, 0.25) is 0 Å². The lowest BCUT2D eigenvalue weighted by Crippen LogP contribution is -2.34. The zero-order valence-corrected chi connectivity index (χ0v) is 19.1. The van der Waals surface area contributed by atoms with Crippen molar-refractivity contribution in [2.45, 2.75) is 0 Å². The number of rotatable bonds is 24. The Morgan fingerprint density at radius 2 is 0.586 bits per heavy atom. The lowest BCUT2D eigenvalue weighted by atomic mass is 10.4. The van der Waals surface area contributed by atoms with Crippen molar-refractivity contribution < 1.29 is 33.2 Å². The van der Waals surface area contributed by atoms with E-state index in [1.165, 1.54) is 0 Å². The minimum atomic E-state index is 0.577. The van der Waals surface area contributed by atoms with E-state index in [0.717, 1.165) is 39.3 Å². The molecule has 0 saturated heterocycles. The van der Waals surface area contributed by atoms with Crippen LogP contribution in [0.4, 0.5) is 0 Å². The van der Waals surface area contributed by atoms with Crippen LogP contribution in [0.15, 0.2) is 0 Å². The van der Waals surface area contributed by atoms with Crippen LogP contribution in [-0.2, 0) is 33.2 Å². The molecule has 9 heteroatoms. The van der Waals surface area contributed by atoms with Crippen molar-refractivity contribution in [3.05, 3.63) is 0 Å². The molecule has 0 aliphatic heterocycles. The van der Waals surface area contributed by atoms with Gasteiger partial charge in [0, 0.05) is 67.7 Å². The van der Waals surface area contributed by atoms with Crippen LogP contribution in [-0.4, -0.2) is 144 Å². The number of hydrogen-bond acceptors (Lipinski definition) is 9. The molecule has 0 saturated carbocycles. The largest absolute Gasteiger partial charge is 0.383 e. The third kappa shape index (κ3) is 20.7. The summed E-state index contributed by atoms with van der Waals surface area (Å²) < 4.78 is 37.3. The zero-order chi connectivity index (χ0) is 21.4. The molecule has 0 radical (unpaired) electrons. The summed E-state index contributed by atoms with van der Waals surface area (Å²) >= 11 is 0. The second-order valence-corrected chi connectivity index (χ2v) is 6.49. The fourth-order valence-corrected chi connectivity index (χ4v) is 2.48. The molecule has 0 unspecified atom stereocenters. The molecule has 0 rings (SSSR count). The molecule has 0 bridgehead atoms. The molecular formula is C20H44N2O7. The number of methoxy groups -OCH3 is 4. The van der Waals surface area contributed by atoms with Gasteiger partial charge in [0.05, 0.1) is 66.1 Å². The van der Waals surface area contributed by atoms with E-state index in [2.05, 4.69) is 9.80 Å². The van der Waals surface area contributed by atoms with E-state index in [0.29, 0.717) is 66.1 Å². The molecule has 9 nitrogen and oxygen atoms in total. The van der Waals surface area contributed by atoms with Crippen LogP contribution in [0.1, 0.15) is 0 Å². The van der Waals surface area contributed by atoms with E-state index < -0.39 is 0 Å². The van der Waals surface area contributed by atoms with Crippen molar-refractivity contribution in [1.82, 2.24) is 9.80 Å². The topological polar surface area (TPSA) is 71.1 Å². The standard InChI is InChI=1S/C20H44N2O7/c1-23-11-5-21(6-12-24-2)9-15-27-17-19-29-20-18-28-16-10-22(7-13-25-3)8-14-26-4/h5-20H2,1-4H3. The lowest BCUT2D eigenvalue weighted by Gasteiger charge is -2.21. The Kier molecular flexibility index (Phi) is 23.6. The van der Waals surface area contributed by atoms with E-state index in [1.807, 2.05) is 0 Å². The van der Waals surface area contributed by atoms with Gasteiger partial charge in [-0.3, -0.25) is 9.80 Å². The van der Waals surface area contributed by atoms with Crippen LogP contribution in [0.3, 0.4) is 0 Å². The Morgan fingerprint density at radius 1 is 0.345 bits per heavy atom. The van der Waals surface area contributed by atoms with E-state index >= 15 is 0 Å². The minimum Gasteiger partial charge on any atom is -0.383 e. The highest BCUT2D eigenvalue weighted by molar-refractivity contribution is 4.57. The maximum absolute atomic E-state index is 5.64. The predicted octanol–water partition coefficient (Wildman–Crippen LogP) is 0.226. The first kappa shape index (κ1) is 28.6. The average Bonchev–Trinajstić information content (AvgIpc) is 2.74. The van der Waals surface area contributed by atoms with Gasteiger partial charge in [-0.2, -0.15) is 0 Å². The number of hydrogen-bond donors (Lipinski definition) is 0. The summed E-state index contributed by atoms with van der Waals surface area (Å²) in [5, 5.41) is 0. The van der Waals surface area contributed by atoms with Gasteiger partial charge in [-0.1, -0.05) is 0 Å². The SMILES string of the molecule is COCCN(CCOC)CCOCCOCCOCCN(CCOC)CCOC. The summed E-state index contributed by atoms with van der Waals surface area (Å²) in [6.07, 6.45) is 0. The van der Waals surface area contributed by atoms with Crippen LogP contribution in [0, 0.1) is 0 Å². The monoisotopic (exact) mass is 424 g/mol. The number of nitrogens with zero attached hydrogens (tertiary/aromatic N) is 2. The maximum Gasteiger partial charge on any atom is 0.0701 e. The fraction of sp³-hybridized carbons (Fsp3) is 1.00. The molecule has 0 aromatic heterocycles. The van der Waals surface area contributed by atoms with Crippen molar-refractivity contribution in [3.63, 3.8) is 0 Å². The zero-order valence-electron chi connectivity index (χ0n) is 19.1. The van der Waals surface area contributed by atoms with Crippen LogP contribution in [0.2, 0.25) is 0 Å². The summed E-state index contributed by atoms with van der Waals surface area (Å²) in [4.78, 5) is 4.54. The summed E-state index contributed by atoms with van der Waals surface area (Å²) in [6.45, 7) is 11.8. The van der Waals surface area contributed by atoms with Gasteiger partial charge >= 0.3 is 0 Å². The normalized spacial score (nSPS) is 11.8. The lowest BCUT2D eigenvalue weighted by molar-refractivity contribution is 0.00339. The summed E-state index contributed by atoms with van der Waals surface area (Å²) in [7, 11) is 6.85. The van der Waals surface area contributed by atoms with Gasteiger partial charge in [-0.25, -0.2) is 0 Å². The first-order valence-electron chi connectivity index (χ1n) is 10.4. The molecule has 176 valence electrons. The maximum atomic E-state index is 5.64. The van der Waals surface area contributed by atoms with Crippen molar-refractivity contribution in [2.24, 2.45) is 0 Å². The Hall–Kier alpha value is -0.360. The van der Waals surface area contributed by atoms with Crippen LogP contribution in [0.25, 0.3) is 0 Å². The van der Waals surface area contributed by atoms with Gasteiger partial charge in [-0.05, 0) is 0 Å². The predicted molar refractivity (Wildman–Crippen MR) is 113 cm³/mol. The molecule has 0 aromatic carbocycles. The molecule has 0 atom stereocenters. The molecule has 0 aromatic rings. The second kappa shape index (κ2) is 23.9. The molecule has 0 N–H and O–H groups in total. The first-order valence-corrected chi connectivity index (χ1v) is 10.4. The van der Waals surface area contributed by atoms with Crippen molar-refractivity contribution >= 4 is 0 Å². The van der Waals surface area contributed by atoms with Crippen molar-refractivity contribution in [3.8, 4) is 0 Å². The van der Waals surface area contributed by atoms with Gasteiger partial charge in [-0.15, -0.1) is 0 Å². The van der Waals surface area contributed by atoms with Crippen LogP contribution in [0.5, 0.6) is 0 Å². The van der Waals surface area contributed by atoms with Gasteiger partial charge in [0.1, 0.15) is 0 Å². The highest BCUT2D eigenvalue weighted by atomic mass is 16.5. The Balaban J connectivity index is 3.52. The Morgan fingerprint density at radius 3 is 0.862 bits per heavy atom. The highest BCUT2D eigenvalue weighted by Gasteiger charge is 2.05. The molecule has 0 amide bonds. The van der Waals surface area contributed by atoms with E-state index in [4.69, 9.17) is 33.2 Å². The molecule has 29 heavy (non-hydrogen) atoms.